The second-order valence-electron chi connectivity index (χ2n) is 4.81. The molecule has 0 saturated heterocycles. The molecule has 1 heterocycles. The number of ether oxygens (including phenoxy) is 1. The van der Waals surface area contributed by atoms with Gasteiger partial charge in [0.05, 0.1) is 6.61 Å². The maximum Gasteiger partial charge on any atom is 0.125 e. The molecule has 0 amide bonds. The van der Waals surface area contributed by atoms with Gasteiger partial charge in [-0.2, -0.15) is 0 Å². The molecule has 0 fully saturated rings. The van der Waals surface area contributed by atoms with Crippen molar-refractivity contribution in [1.82, 2.24) is 4.90 Å². The van der Waals surface area contributed by atoms with Crippen molar-refractivity contribution in [3.63, 3.8) is 0 Å². The van der Waals surface area contributed by atoms with Crippen LogP contribution in [0.4, 0.5) is 0 Å². The molecule has 0 spiro atoms. The molecular weight excluding hydrogens is 234 g/mol. The Kier molecular flexibility index (Phi) is 3.34. The van der Waals surface area contributed by atoms with Crippen molar-refractivity contribution in [3.8, 4) is 5.75 Å². The Labute approximate surface area is 108 Å². The summed E-state index contributed by atoms with van der Waals surface area (Å²) in [6, 6.07) is 3.94. The zero-order valence-electron chi connectivity index (χ0n) is 10.6. The highest BCUT2D eigenvalue weighted by molar-refractivity contribution is 6.30. The number of nitrogens with zero attached hydrogens (tertiary/aromatic N) is 1. The number of hydrogen-bond donors (Lipinski definition) is 0. The average molecular weight is 252 g/mol. The van der Waals surface area contributed by atoms with Crippen LogP contribution in [0.2, 0.25) is 5.02 Å². The van der Waals surface area contributed by atoms with Crippen LogP contribution in [0.5, 0.6) is 5.75 Å². The van der Waals surface area contributed by atoms with E-state index in [9.17, 15) is 0 Å². The second-order valence-corrected chi connectivity index (χ2v) is 5.25. The molecule has 0 saturated carbocycles. The van der Waals surface area contributed by atoms with E-state index in [0.717, 1.165) is 28.5 Å². The van der Waals surface area contributed by atoms with Crippen molar-refractivity contribution in [1.29, 1.82) is 0 Å². The highest BCUT2D eigenvalue weighted by Gasteiger charge is 2.24. The first-order chi connectivity index (χ1) is 7.99. The molecule has 1 aromatic carbocycles. The lowest BCUT2D eigenvalue weighted by Gasteiger charge is -2.31. The highest BCUT2D eigenvalue weighted by Crippen LogP contribution is 2.35. The number of fused-ring (bicyclic) bond motifs is 1. The molecule has 0 N–H and O–H groups in total. The van der Waals surface area contributed by atoms with Crippen molar-refractivity contribution in [2.24, 2.45) is 5.92 Å². The third-order valence-electron chi connectivity index (χ3n) is 3.26. The van der Waals surface area contributed by atoms with Crippen LogP contribution in [0.25, 0.3) is 0 Å². The topological polar surface area (TPSA) is 12.5 Å². The van der Waals surface area contributed by atoms with Gasteiger partial charge < -0.3 is 9.64 Å². The van der Waals surface area contributed by atoms with E-state index in [0.29, 0.717) is 12.5 Å². The summed E-state index contributed by atoms with van der Waals surface area (Å²) in [6.45, 7) is 6.84. The predicted octanol–water partition coefficient (Wildman–Crippen LogP) is 3.27. The van der Waals surface area contributed by atoms with Crippen LogP contribution < -0.4 is 4.74 Å². The molecule has 17 heavy (non-hydrogen) atoms. The van der Waals surface area contributed by atoms with E-state index < -0.39 is 0 Å². The van der Waals surface area contributed by atoms with Gasteiger partial charge in [-0.05, 0) is 36.6 Å². The zero-order valence-corrected chi connectivity index (χ0v) is 11.3. The summed E-state index contributed by atoms with van der Waals surface area (Å²) in [6.07, 6.45) is 0.952. The maximum absolute atomic E-state index is 6.08. The minimum Gasteiger partial charge on any atom is -0.492 e. The van der Waals surface area contributed by atoms with Gasteiger partial charge in [0.1, 0.15) is 5.75 Å². The number of aryl methyl sites for hydroxylation is 1. The number of hydrogen-bond acceptors (Lipinski definition) is 2. The van der Waals surface area contributed by atoms with Crippen LogP contribution in [-0.4, -0.2) is 25.6 Å². The van der Waals surface area contributed by atoms with E-state index in [1.165, 1.54) is 5.56 Å². The van der Waals surface area contributed by atoms with Gasteiger partial charge in [0.15, 0.2) is 0 Å². The first-order valence-corrected chi connectivity index (χ1v) is 6.14. The van der Waals surface area contributed by atoms with Crippen LogP contribution in [-0.2, 0) is 6.42 Å². The monoisotopic (exact) mass is 251 g/mol. The molecule has 0 aromatic heterocycles. The molecule has 0 bridgehead atoms. The molecule has 3 heteroatoms. The fourth-order valence-corrected chi connectivity index (χ4v) is 2.54. The molecule has 1 unspecified atom stereocenters. The van der Waals surface area contributed by atoms with Crippen LogP contribution in [0.3, 0.4) is 0 Å². The van der Waals surface area contributed by atoms with Crippen molar-refractivity contribution >= 4 is 11.6 Å². The van der Waals surface area contributed by atoms with E-state index in [1.807, 2.05) is 33.2 Å². The molecule has 1 aromatic rings. The highest BCUT2D eigenvalue weighted by atomic mass is 35.5. The van der Waals surface area contributed by atoms with Crippen molar-refractivity contribution in [3.05, 3.63) is 40.6 Å². The van der Waals surface area contributed by atoms with Crippen LogP contribution in [0, 0.1) is 12.8 Å². The molecule has 0 radical (unpaired) electrons. The fraction of sp³-hybridized carbons (Fsp3) is 0.429. The molecule has 2 rings (SSSR count). The van der Waals surface area contributed by atoms with Gasteiger partial charge in [-0.25, -0.2) is 0 Å². The third-order valence-corrected chi connectivity index (χ3v) is 3.48. The predicted molar refractivity (Wildman–Crippen MR) is 71.7 cm³/mol. The van der Waals surface area contributed by atoms with Gasteiger partial charge >= 0.3 is 0 Å². The van der Waals surface area contributed by atoms with Gasteiger partial charge in [-0.15, -0.1) is 0 Å². The summed E-state index contributed by atoms with van der Waals surface area (Å²) < 4.78 is 5.85. The van der Waals surface area contributed by atoms with E-state index in [-0.39, 0.29) is 0 Å². The van der Waals surface area contributed by atoms with E-state index in [2.05, 4.69) is 11.5 Å². The molecule has 2 nitrogen and oxygen atoms in total. The first-order valence-electron chi connectivity index (χ1n) is 5.77. The minimum atomic E-state index is 0.343. The Hall–Kier alpha value is -1.15. The van der Waals surface area contributed by atoms with Gasteiger partial charge in [0.25, 0.3) is 0 Å². The van der Waals surface area contributed by atoms with Crippen LogP contribution in [0.15, 0.2) is 24.4 Å². The second kappa shape index (κ2) is 4.61. The quantitative estimate of drug-likeness (QED) is 0.800. The molecule has 1 atom stereocenters. The van der Waals surface area contributed by atoms with Crippen molar-refractivity contribution in [2.75, 3.05) is 20.7 Å². The summed E-state index contributed by atoms with van der Waals surface area (Å²) >= 11 is 6.08. The Morgan fingerprint density at radius 2 is 2.18 bits per heavy atom. The standard InChI is InChI=1S/C14H18ClNO/c1-9-5-13(15)7-11-6-12(8-17-14(9)11)10(2)16(3)4/h5,7,12H,2,6,8H2,1,3-4H3. The molecular formula is C14H18ClNO. The van der Waals surface area contributed by atoms with Crippen LogP contribution >= 0.6 is 11.6 Å². The van der Waals surface area contributed by atoms with Gasteiger partial charge in [0.2, 0.25) is 0 Å². The summed E-state index contributed by atoms with van der Waals surface area (Å²) in [5, 5.41) is 0.779. The van der Waals surface area contributed by atoms with E-state index in [4.69, 9.17) is 16.3 Å². The lowest BCUT2D eigenvalue weighted by atomic mass is 9.92. The lowest BCUT2D eigenvalue weighted by molar-refractivity contribution is 0.221. The van der Waals surface area contributed by atoms with E-state index in [1.54, 1.807) is 0 Å². The molecule has 0 aliphatic carbocycles. The van der Waals surface area contributed by atoms with Crippen LogP contribution in [0.1, 0.15) is 11.1 Å². The smallest absolute Gasteiger partial charge is 0.125 e. The summed E-state index contributed by atoms with van der Waals surface area (Å²) in [5.74, 6) is 1.34. The summed E-state index contributed by atoms with van der Waals surface area (Å²) in [7, 11) is 4.03. The average Bonchev–Trinajstić information content (AvgIpc) is 2.26. The van der Waals surface area contributed by atoms with Gasteiger partial charge in [-0.1, -0.05) is 18.2 Å². The van der Waals surface area contributed by atoms with E-state index >= 15 is 0 Å². The Bertz CT molecular complexity index is 454. The third kappa shape index (κ3) is 2.42. The Morgan fingerprint density at radius 1 is 1.47 bits per heavy atom. The SMILES string of the molecule is C=C(C1COc2c(C)cc(Cl)cc2C1)N(C)C. The summed E-state index contributed by atoms with van der Waals surface area (Å²) in [5.41, 5.74) is 3.41. The number of rotatable bonds is 2. The van der Waals surface area contributed by atoms with Gasteiger partial charge in [-0.3, -0.25) is 0 Å². The molecule has 1 aliphatic heterocycles. The largest absolute Gasteiger partial charge is 0.492 e. The van der Waals surface area contributed by atoms with Crippen molar-refractivity contribution in [2.45, 2.75) is 13.3 Å². The fourth-order valence-electron chi connectivity index (χ4n) is 2.24. The normalized spacial score (nSPS) is 18.2. The zero-order chi connectivity index (χ0) is 12.6. The number of halogens is 1. The first kappa shape index (κ1) is 12.3. The minimum absolute atomic E-state index is 0.343. The number of benzene rings is 1. The summed E-state index contributed by atoms with van der Waals surface area (Å²) in [4.78, 5) is 2.05. The lowest BCUT2D eigenvalue weighted by Crippen LogP contribution is -2.28. The Morgan fingerprint density at radius 3 is 2.82 bits per heavy atom. The van der Waals surface area contributed by atoms with Gasteiger partial charge in [0, 0.05) is 30.7 Å². The molecule has 92 valence electrons. The Balaban J connectivity index is 2.27. The maximum atomic E-state index is 6.08. The molecule has 1 aliphatic rings. The van der Waals surface area contributed by atoms with Crippen molar-refractivity contribution < 1.29 is 4.74 Å².